The van der Waals surface area contributed by atoms with Crippen LogP contribution in [0.1, 0.15) is 194 Å². The molecule has 0 aromatic rings. The summed E-state index contributed by atoms with van der Waals surface area (Å²) < 4.78 is 35.0. The Morgan fingerprint density at radius 2 is 0.981 bits per heavy atom. The van der Waals surface area contributed by atoms with Crippen molar-refractivity contribution in [2.45, 2.75) is 200 Å². The average Bonchev–Trinajstić information content (AvgIpc) is 3.11. The number of likely N-dealkylation sites (N-methyl/N-ethyl adjacent to an activating group) is 1. The Balaban J connectivity index is 4.22. The molecule has 0 bridgehead atoms. The summed E-state index contributed by atoms with van der Waals surface area (Å²) in [6.07, 6.45) is 42.0. The summed E-state index contributed by atoms with van der Waals surface area (Å²) in [5.74, 6) is -0.319. The number of ether oxygens (including phenoxy) is 2. The number of hydrogen-bond donors (Lipinski definition) is 1. The number of carbonyl (C=O) groups excluding carboxylic acids is 1. The standard InChI is InChI=1S/C44H86NO7P/c1-6-8-10-12-14-16-18-20-21-22-23-24-25-27-29-31-33-35-37-44(46)52-43(42-51-53(47,48)50-40-38-45(3,4)5)41-49-39-36-34-32-30-28-26-19-17-15-13-11-9-7-2/h15,17,21-22,43H,6-14,16,18-20,23-42H2,1-5H3/p+1/b17-15-,22-21-. The van der Waals surface area contributed by atoms with Gasteiger partial charge in [-0.1, -0.05) is 147 Å². The zero-order chi connectivity index (χ0) is 39.1. The van der Waals surface area contributed by atoms with Gasteiger partial charge in [-0.05, 0) is 64.2 Å². The van der Waals surface area contributed by atoms with Crippen molar-refractivity contribution >= 4 is 13.8 Å². The molecule has 0 rings (SSSR count). The van der Waals surface area contributed by atoms with E-state index in [2.05, 4.69) is 38.2 Å². The van der Waals surface area contributed by atoms with Crippen molar-refractivity contribution < 1.29 is 37.3 Å². The molecule has 1 N–H and O–H groups in total. The maximum absolute atomic E-state index is 12.7. The van der Waals surface area contributed by atoms with Crippen molar-refractivity contribution in [2.75, 3.05) is 54.1 Å². The second-order valence-electron chi connectivity index (χ2n) is 16.1. The molecule has 53 heavy (non-hydrogen) atoms. The fourth-order valence-electron chi connectivity index (χ4n) is 6.01. The summed E-state index contributed by atoms with van der Waals surface area (Å²) in [6, 6.07) is 0. The van der Waals surface area contributed by atoms with Crippen molar-refractivity contribution in [1.82, 2.24) is 0 Å². The van der Waals surface area contributed by atoms with E-state index in [4.69, 9.17) is 18.5 Å². The van der Waals surface area contributed by atoms with Gasteiger partial charge in [0, 0.05) is 13.0 Å². The topological polar surface area (TPSA) is 91.3 Å². The maximum Gasteiger partial charge on any atom is 0.472 e. The Bertz CT molecular complexity index is 905. The van der Waals surface area contributed by atoms with Gasteiger partial charge in [0.15, 0.2) is 0 Å². The molecule has 0 fully saturated rings. The van der Waals surface area contributed by atoms with E-state index in [-0.39, 0.29) is 25.8 Å². The Morgan fingerprint density at radius 3 is 1.47 bits per heavy atom. The van der Waals surface area contributed by atoms with E-state index in [0.717, 1.165) is 32.1 Å². The average molecular weight is 773 g/mol. The van der Waals surface area contributed by atoms with Gasteiger partial charge < -0.3 is 18.9 Å². The molecular formula is C44H87NO7P+. The lowest BCUT2D eigenvalue weighted by Crippen LogP contribution is -2.37. The third-order valence-electron chi connectivity index (χ3n) is 9.49. The third-order valence-corrected chi connectivity index (χ3v) is 10.5. The van der Waals surface area contributed by atoms with Crippen LogP contribution in [0.3, 0.4) is 0 Å². The van der Waals surface area contributed by atoms with Crippen molar-refractivity contribution in [3.05, 3.63) is 24.3 Å². The highest BCUT2D eigenvalue weighted by molar-refractivity contribution is 7.47. The second kappa shape index (κ2) is 37.9. The molecule has 9 heteroatoms. The summed E-state index contributed by atoms with van der Waals surface area (Å²) in [4.78, 5) is 22.9. The SMILES string of the molecule is CCCCC/C=C\CCCCCCCCOCC(COP(=O)(O)OCC[N+](C)(C)C)OC(=O)CCCCCCCCC/C=C\CCCCCCCCC. The predicted octanol–water partition coefficient (Wildman–Crippen LogP) is 12.8. The lowest BCUT2D eigenvalue weighted by atomic mass is 10.1. The van der Waals surface area contributed by atoms with E-state index in [1.165, 1.54) is 141 Å². The first kappa shape index (κ1) is 52.0. The van der Waals surface area contributed by atoms with Crippen LogP contribution in [0.4, 0.5) is 0 Å². The molecule has 0 aromatic heterocycles. The van der Waals surface area contributed by atoms with E-state index in [0.29, 0.717) is 24.1 Å². The van der Waals surface area contributed by atoms with E-state index in [1.54, 1.807) is 0 Å². The number of quaternary nitrogens is 1. The molecule has 0 aliphatic rings. The lowest BCUT2D eigenvalue weighted by molar-refractivity contribution is -0.870. The smallest absolute Gasteiger partial charge is 0.457 e. The first-order valence-corrected chi connectivity index (χ1v) is 23.6. The van der Waals surface area contributed by atoms with Crippen LogP contribution in [-0.2, 0) is 27.9 Å². The molecule has 0 heterocycles. The minimum absolute atomic E-state index is 0.0877. The zero-order valence-electron chi connectivity index (χ0n) is 35.5. The molecule has 314 valence electrons. The number of nitrogens with zero attached hydrogens (tertiary/aromatic N) is 1. The fourth-order valence-corrected chi connectivity index (χ4v) is 6.75. The van der Waals surface area contributed by atoms with Crippen LogP contribution in [0.15, 0.2) is 24.3 Å². The van der Waals surface area contributed by atoms with Gasteiger partial charge in [-0.25, -0.2) is 4.57 Å². The first-order valence-electron chi connectivity index (χ1n) is 22.1. The number of allylic oxidation sites excluding steroid dienone is 4. The number of phosphoric ester groups is 1. The van der Waals surface area contributed by atoms with Gasteiger partial charge in [-0.15, -0.1) is 0 Å². The molecule has 0 amide bonds. The van der Waals surface area contributed by atoms with Gasteiger partial charge in [-0.2, -0.15) is 0 Å². The number of rotatable bonds is 41. The van der Waals surface area contributed by atoms with Crippen LogP contribution in [0.2, 0.25) is 0 Å². The van der Waals surface area contributed by atoms with E-state index >= 15 is 0 Å². The van der Waals surface area contributed by atoms with Crippen molar-refractivity contribution in [3.8, 4) is 0 Å². The van der Waals surface area contributed by atoms with Crippen LogP contribution in [0.25, 0.3) is 0 Å². The molecule has 0 aromatic carbocycles. The number of phosphoric acid groups is 1. The zero-order valence-corrected chi connectivity index (χ0v) is 36.4. The number of unbranched alkanes of at least 4 members (excludes halogenated alkanes) is 23. The van der Waals surface area contributed by atoms with E-state index in [1.807, 2.05) is 21.1 Å². The number of carbonyl (C=O) groups is 1. The van der Waals surface area contributed by atoms with Gasteiger partial charge in [0.05, 0.1) is 34.4 Å². The lowest BCUT2D eigenvalue weighted by Gasteiger charge is -2.24. The van der Waals surface area contributed by atoms with Crippen molar-refractivity contribution in [2.24, 2.45) is 0 Å². The number of esters is 1. The first-order chi connectivity index (χ1) is 25.6. The normalized spacial score (nSPS) is 14.0. The summed E-state index contributed by atoms with van der Waals surface area (Å²) in [6.45, 7) is 5.60. The summed E-state index contributed by atoms with van der Waals surface area (Å²) in [7, 11) is 1.66. The largest absolute Gasteiger partial charge is 0.472 e. The van der Waals surface area contributed by atoms with Gasteiger partial charge in [0.1, 0.15) is 19.3 Å². The predicted molar refractivity (Wildman–Crippen MR) is 224 cm³/mol. The van der Waals surface area contributed by atoms with Gasteiger partial charge >= 0.3 is 13.8 Å². The number of hydrogen-bond acceptors (Lipinski definition) is 6. The molecule has 0 radical (unpaired) electrons. The Morgan fingerprint density at radius 1 is 0.566 bits per heavy atom. The van der Waals surface area contributed by atoms with Crippen molar-refractivity contribution in [1.29, 1.82) is 0 Å². The molecule has 0 saturated heterocycles. The van der Waals surface area contributed by atoms with Crippen LogP contribution >= 0.6 is 7.82 Å². The molecule has 8 nitrogen and oxygen atoms in total. The monoisotopic (exact) mass is 773 g/mol. The molecule has 0 aliphatic heterocycles. The van der Waals surface area contributed by atoms with E-state index < -0.39 is 13.9 Å². The molecule has 0 aliphatic carbocycles. The van der Waals surface area contributed by atoms with Gasteiger partial charge in [0.25, 0.3) is 0 Å². The van der Waals surface area contributed by atoms with Crippen LogP contribution in [-0.4, -0.2) is 75.6 Å². The highest BCUT2D eigenvalue weighted by Gasteiger charge is 2.26. The molecule has 2 unspecified atom stereocenters. The van der Waals surface area contributed by atoms with Crippen LogP contribution in [0.5, 0.6) is 0 Å². The minimum Gasteiger partial charge on any atom is -0.457 e. The van der Waals surface area contributed by atoms with Gasteiger partial charge in [-0.3, -0.25) is 13.8 Å². The Kier molecular flexibility index (Phi) is 37.2. The van der Waals surface area contributed by atoms with Crippen LogP contribution in [0, 0.1) is 0 Å². The molecule has 2 atom stereocenters. The van der Waals surface area contributed by atoms with Crippen molar-refractivity contribution in [3.63, 3.8) is 0 Å². The maximum atomic E-state index is 12.7. The minimum atomic E-state index is -4.27. The Hall–Kier alpha value is -1.02. The van der Waals surface area contributed by atoms with E-state index in [9.17, 15) is 14.3 Å². The highest BCUT2D eigenvalue weighted by Crippen LogP contribution is 2.43. The third kappa shape index (κ3) is 42.0. The summed E-state index contributed by atoms with van der Waals surface area (Å²) in [5.41, 5.74) is 0. The van der Waals surface area contributed by atoms with Crippen LogP contribution < -0.4 is 0 Å². The molecule has 0 spiro atoms. The summed E-state index contributed by atoms with van der Waals surface area (Å²) >= 11 is 0. The summed E-state index contributed by atoms with van der Waals surface area (Å²) in [5, 5.41) is 0. The Labute approximate surface area is 328 Å². The highest BCUT2D eigenvalue weighted by atomic mass is 31.2. The fraction of sp³-hybridized carbons (Fsp3) is 0.886. The quantitative estimate of drug-likeness (QED) is 0.0217. The molecular weight excluding hydrogens is 685 g/mol. The van der Waals surface area contributed by atoms with Gasteiger partial charge in [0.2, 0.25) is 0 Å². The second-order valence-corrected chi connectivity index (χ2v) is 17.5. The molecule has 0 saturated carbocycles.